The van der Waals surface area contributed by atoms with Gasteiger partial charge in [-0.15, -0.1) is 0 Å². The molecule has 98 valence electrons. The van der Waals surface area contributed by atoms with Crippen molar-refractivity contribution in [1.82, 2.24) is 0 Å². The summed E-state index contributed by atoms with van der Waals surface area (Å²) in [5.74, 6) is -2.01. The van der Waals surface area contributed by atoms with E-state index in [1.165, 1.54) is 6.92 Å². The lowest BCUT2D eigenvalue weighted by Crippen LogP contribution is -2.27. The number of rotatable bonds is 5. The van der Waals surface area contributed by atoms with Crippen LogP contribution in [0.25, 0.3) is 0 Å². The Morgan fingerprint density at radius 3 is 2.22 bits per heavy atom. The summed E-state index contributed by atoms with van der Waals surface area (Å²) in [7, 11) is 0. The van der Waals surface area contributed by atoms with Crippen molar-refractivity contribution in [3.63, 3.8) is 0 Å². The molecule has 0 aliphatic carbocycles. The topological polar surface area (TPSA) is 52.6 Å². The van der Waals surface area contributed by atoms with Crippen LogP contribution in [-0.4, -0.2) is 18.0 Å². The highest BCUT2D eigenvalue weighted by atomic mass is 16.6. The molecule has 1 atom stereocenters. The molecule has 0 heterocycles. The van der Waals surface area contributed by atoms with Crippen LogP contribution in [0.5, 0.6) is 0 Å². The van der Waals surface area contributed by atoms with Gasteiger partial charge in [-0.1, -0.05) is 30.3 Å². The average molecular weight is 250 g/mol. The standard InChI is InChI=1S/C14H18O4/c1-10(2)18-14(16)11(3)13(15)17-9-12-7-5-4-6-8-12/h4-8,10-11H,9H2,1-3H3. The fraction of sp³-hybridized carbons (Fsp3) is 0.429. The molecule has 1 aromatic rings. The zero-order chi connectivity index (χ0) is 13.5. The van der Waals surface area contributed by atoms with Crippen molar-refractivity contribution in [3.05, 3.63) is 35.9 Å². The van der Waals surface area contributed by atoms with Crippen LogP contribution >= 0.6 is 0 Å². The molecular weight excluding hydrogens is 232 g/mol. The van der Waals surface area contributed by atoms with Gasteiger partial charge >= 0.3 is 11.9 Å². The van der Waals surface area contributed by atoms with Crippen LogP contribution < -0.4 is 0 Å². The van der Waals surface area contributed by atoms with E-state index in [9.17, 15) is 9.59 Å². The van der Waals surface area contributed by atoms with Crippen LogP contribution in [-0.2, 0) is 25.7 Å². The van der Waals surface area contributed by atoms with Crippen molar-refractivity contribution >= 4 is 11.9 Å². The summed E-state index contributed by atoms with van der Waals surface area (Å²) in [6.45, 7) is 5.12. The van der Waals surface area contributed by atoms with E-state index in [1.807, 2.05) is 30.3 Å². The van der Waals surface area contributed by atoms with Gasteiger partial charge in [-0.05, 0) is 26.3 Å². The summed E-state index contributed by atoms with van der Waals surface area (Å²) < 4.78 is 10.00. The fourth-order valence-corrected chi connectivity index (χ4v) is 1.28. The summed E-state index contributed by atoms with van der Waals surface area (Å²) in [6, 6.07) is 9.31. The Labute approximate surface area is 107 Å². The van der Waals surface area contributed by atoms with Gasteiger partial charge in [0.05, 0.1) is 6.10 Å². The maximum Gasteiger partial charge on any atom is 0.320 e. The molecule has 0 saturated carbocycles. The van der Waals surface area contributed by atoms with Crippen molar-refractivity contribution in [2.24, 2.45) is 5.92 Å². The number of carbonyl (C=O) groups excluding carboxylic acids is 2. The minimum Gasteiger partial charge on any atom is -0.462 e. The molecule has 0 saturated heterocycles. The molecule has 18 heavy (non-hydrogen) atoms. The normalized spacial score (nSPS) is 12.0. The Bertz CT molecular complexity index is 398. The van der Waals surface area contributed by atoms with Crippen LogP contribution in [0.3, 0.4) is 0 Å². The Balaban J connectivity index is 2.43. The second-order valence-electron chi connectivity index (χ2n) is 4.30. The van der Waals surface area contributed by atoms with E-state index in [4.69, 9.17) is 9.47 Å². The molecule has 1 aromatic carbocycles. The summed E-state index contributed by atoms with van der Waals surface area (Å²) in [6.07, 6.45) is -0.234. The van der Waals surface area contributed by atoms with E-state index in [0.29, 0.717) is 0 Å². The molecule has 0 fully saturated rings. The smallest absolute Gasteiger partial charge is 0.320 e. The molecule has 0 aliphatic heterocycles. The summed E-state index contributed by atoms with van der Waals surface area (Å²) in [4.78, 5) is 23.1. The highest BCUT2D eigenvalue weighted by Gasteiger charge is 2.25. The maximum atomic E-state index is 11.6. The van der Waals surface area contributed by atoms with Crippen LogP contribution in [0.15, 0.2) is 30.3 Å². The van der Waals surface area contributed by atoms with Crippen molar-refractivity contribution < 1.29 is 19.1 Å². The number of benzene rings is 1. The van der Waals surface area contributed by atoms with Gasteiger partial charge in [0.1, 0.15) is 6.61 Å². The first kappa shape index (κ1) is 14.2. The SMILES string of the molecule is CC(C)OC(=O)C(C)C(=O)OCc1ccccc1. The summed E-state index contributed by atoms with van der Waals surface area (Å²) in [5.41, 5.74) is 0.885. The summed E-state index contributed by atoms with van der Waals surface area (Å²) in [5, 5.41) is 0. The lowest BCUT2D eigenvalue weighted by Gasteiger charge is -2.13. The molecule has 1 unspecified atom stereocenters. The Morgan fingerprint density at radius 1 is 1.06 bits per heavy atom. The van der Waals surface area contributed by atoms with Gasteiger partial charge in [-0.25, -0.2) is 0 Å². The van der Waals surface area contributed by atoms with E-state index < -0.39 is 17.9 Å². The van der Waals surface area contributed by atoms with Gasteiger partial charge in [0, 0.05) is 0 Å². The maximum absolute atomic E-state index is 11.6. The average Bonchev–Trinajstić information content (AvgIpc) is 2.35. The number of ether oxygens (including phenoxy) is 2. The highest BCUT2D eigenvalue weighted by molar-refractivity contribution is 5.94. The quantitative estimate of drug-likeness (QED) is 0.594. The monoisotopic (exact) mass is 250 g/mol. The number of carbonyl (C=O) groups is 2. The Morgan fingerprint density at radius 2 is 1.67 bits per heavy atom. The third kappa shape index (κ3) is 4.57. The second-order valence-corrected chi connectivity index (χ2v) is 4.30. The van der Waals surface area contributed by atoms with E-state index >= 15 is 0 Å². The van der Waals surface area contributed by atoms with Crippen LogP contribution in [0.2, 0.25) is 0 Å². The van der Waals surface area contributed by atoms with Gasteiger partial charge in [0.15, 0.2) is 5.92 Å². The molecule has 4 heteroatoms. The zero-order valence-corrected chi connectivity index (χ0v) is 10.9. The first-order valence-electron chi connectivity index (χ1n) is 5.91. The number of esters is 2. The van der Waals surface area contributed by atoms with Crippen molar-refractivity contribution in [3.8, 4) is 0 Å². The molecule has 0 amide bonds. The van der Waals surface area contributed by atoms with Gasteiger partial charge in [-0.3, -0.25) is 9.59 Å². The third-order valence-corrected chi connectivity index (χ3v) is 2.28. The lowest BCUT2D eigenvalue weighted by molar-refractivity contribution is -0.164. The van der Waals surface area contributed by atoms with Crippen molar-refractivity contribution in [1.29, 1.82) is 0 Å². The van der Waals surface area contributed by atoms with Crippen molar-refractivity contribution in [2.75, 3.05) is 0 Å². The van der Waals surface area contributed by atoms with Gasteiger partial charge in [-0.2, -0.15) is 0 Å². The molecule has 4 nitrogen and oxygen atoms in total. The zero-order valence-electron chi connectivity index (χ0n) is 10.9. The van der Waals surface area contributed by atoms with Crippen LogP contribution in [0, 0.1) is 5.92 Å². The largest absolute Gasteiger partial charge is 0.462 e. The molecule has 0 aromatic heterocycles. The molecule has 0 bridgehead atoms. The molecule has 0 radical (unpaired) electrons. The van der Waals surface area contributed by atoms with Gasteiger partial charge < -0.3 is 9.47 Å². The molecule has 0 aliphatic rings. The van der Waals surface area contributed by atoms with Crippen molar-refractivity contribution in [2.45, 2.75) is 33.5 Å². The lowest BCUT2D eigenvalue weighted by atomic mass is 10.2. The highest BCUT2D eigenvalue weighted by Crippen LogP contribution is 2.07. The van der Waals surface area contributed by atoms with Crippen LogP contribution in [0.1, 0.15) is 26.3 Å². The predicted octanol–water partition coefficient (Wildman–Crippen LogP) is 2.32. The first-order chi connectivity index (χ1) is 8.50. The molecule has 0 spiro atoms. The summed E-state index contributed by atoms with van der Waals surface area (Å²) >= 11 is 0. The Kier molecular flexibility index (Phi) is 5.36. The number of hydrogen-bond donors (Lipinski definition) is 0. The predicted molar refractivity (Wildman–Crippen MR) is 66.6 cm³/mol. The first-order valence-corrected chi connectivity index (χ1v) is 5.91. The minimum atomic E-state index is -0.892. The van der Waals surface area contributed by atoms with Gasteiger partial charge in [0.25, 0.3) is 0 Å². The van der Waals surface area contributed by atoms with E-state index in [2.05, 4.69) is 0 Å². The van der Waals surface area contributed by atoms with E-state index in [-0.39, 0.29) is 12.7 Å². The Hall–Kier alpha value is -1.84. The second kappa shape index (κ2) is 6.79. The molecular formula is C14H18O4. The minimum absolute atomic E-state index is 0.166. The van der Waals surface area contributed by atoms with Crippen LogP contribution in [0.4, 0.5) is 0 Å². The molecule has 0 N–H and O–H groups in total. The molecule has 1 rings (SSSR count). The van der Waals surface area contributed by atoms with Gasteiger partial charge in [0.2, 0.25) is 0 Å². The van der Waals surface area contributed by atoms with E-state index in [1.54, 1.807) is 13.8 Å². The number of hydrogen-bond acceptors (Lipinski definition) is 4. The third-order valence-electron chi connectivity index (χ3n) is 2.28. The fourth-order valence-electron chi connectivity index (χ4n) is 1.28. The van der Waals surface area contributed by atoms with E-state index in [0.717, 1.165) is 5.56 Å².